The fraction of sp³-hybridized carbons (Fsp3) is 0.385. The molecule has 0 spiro atoms. The van der Waals surface area contributed by atoms with Gasteiger partial charge in [-0.2, -0.15) is 18.2 Å². The molecule has 0 aliphatic rings. The van der Waals surface area contributed by atoms with Crippen LogP contribution in [0, 0.1) is 0 Å². The van der Waals surface area contributed by atoms with Gasteiger partial charge in [0, 0.05) is 11.6 Å². The molecule has 0 saturated heterocycles. The molecular formula is C13H15ClF3N3O. The Kier molecular flexibility index (Phi) is 5.36. The average molecular weight is 322 g/mol. The van der Waals surface area contributed by atoms with Crippen LogP contribution in [0.4, 0.5) is 13.2 Å². The molecule has 0 fully saturated rings. The topological polar surface area (TPSA) is 64.9 Å². The summed E-state index contributed by atoms with van der Waals surface area (Å²) in [6.45, 7) is 3.60. The first kappa shape index (κ1) is 17.5. The molecule has 21 heavy (non-hydrogen) atoms. The number of nitrogens with two attached hydrogens (primary N) is 1. The highest BCUT2D eigenvalue weighted by Crippen LogP contribution is 2.31. The molecule has 2 unspecified atom stereocenters. The molecule has 2 atom stereocenters. The van der Waals surface area contributed by atoms with E-state index in [4.69, 9.17) is 10.3 Å². The second-order valence-electron chi connectivity index (χ2n) is 4.68. The van der Waals surface area contributed by atoms with E-state index in [0.717, 1.165) is 12.1 Å². The lowest BCUT2D eigenvalue weighted by Crippen LogP contribution is -2.22. The van der Waals surface area contributed by atoms with Crippen molar-refractivity contribution in [3.63, 3.8) is 0 Å². The molecule has 0 radical (unpaired) electrons. The van der Waals surface area contributed by atoms with Crippen molar-refractivity contribution in [3.8, 4) is 11.4 Å². The Bertz CT molecular complexity index is 598. The van der Waals surface area contributed by atoms with E-state index in [2.05, 4.69) is 10.1 Å². The molecule has 0 bridgehead atoms. The fourth-order valence-electron chi connectivity index (χ4n) is 1.60. The number of benzene rings is 1. The van der Waals surface area contributed by atoms with E-state index in [1.54, 1.807) is 6.92 Å². The maximum absolute atomic E-state index is 12.6. The van der Waals surface area contributed by atoms with Gasteiger partial charge >= 0.3 is 6.18 Å². The van der Waals surface area contributed by atoms with Gasteiger partial charge < -0.3 is 10.3 Å². The first-order valence-corrected chi connectivity index (χ1v) is 6.06. The summed E-state index contributed by atoms with van der Waals surface area (Å²) in [6.07, 6.45) is -4.40. The zero-order valence-corrected chi connectivity index (χ0v) is 12.2. The number of hydrogen-bond donors (Lipinski definition) is 1. The van der Waals surface area contributed by atoms with Crippen LogP contribution in [0.3, 0.4) is 0 Å². The second-order valence-corrected chi connectivity index (χ2v) is 4.68. The van der Waals surface area contributed by atoms with Gasteiger partial charge in [-0.25, -0.2) is 0 Å². The smallest absolute Gasteiger partial charge is 0.339 e. The molecule has 116 valence electrons. The quantitative estimate of drug-likeness (QED) is 0.937. The van der Waals surface area contributed by atoms with Crippen LogP contribution in [0.2, 0.25) is 0 Å². The van der Waals surface area contributed by atoms with Crippen molar-refractivity contribution in [1.82, 2.24) is 10.1 Å². The summed E-state index contributed by atoms with van der Waals surface area (Å²) in [6, 6.07) is 4.61. The summed E-state index contributed by atoms with van der Waals surface area (Å²) in [5.41, 5.74) is 5.23. The van der Waals surface area contributed by atoms with E-state index >= 15 is 0 Å². The monoisotopic (exact) mass is 321 g/mol. The largest absolute Gasteiger partial charge is 0.416 e. The van der Waals surface area contributed by atoms with Crippen molar-refractivity contribution in [2.75, 3.05) is 0 Å². The average Bonchev–Trinajstić information content (AvgIpc) is 2.86. The van der Waals surface area contributed by atoms with Gasteiger partial charge in [-0.3, -0.25) is 0 Å². The van der Waals surface area contributed by atoms with Crippen LogP contribution in [-0.4, -0.2) is 16.2 Å². The SMILES string of the molecule is CC(N)C(C)c1nc(-c2cccc(C(F)(F)F)c2)no1.Cl. The normalized spacial score (nSPS) is 14.4. The third kappa shape index (κ3) is 3.95. The summed E-state index contributed by atoms with van der Waals surface area (Å²) in [7, 11) is 0. The Morgan fingerprint density at radius 1 is 1.24 bits per heavy atom. The molecule has 1 aromatic carbocycles. The second kappa shape index (κ2) is 6.44. The molecule has 4 nitrogen and oxygen atoms in total. The van der Waals surface area contributed by atoms with Gasteiger partial charge in [0.2, 0.25) is 11.7 Å². The van der Waals surface area contributed by atoms with Crippen LogP contribution in [0.1, 0.15) is 31.2 Å². The number of hydrogen-bond acceptors (Lipinski definition) is 4. The van der Waals surface area contributed by atoms with Crippen LogP contribution in [0.15, 0.2) is 28.8 Å². The summed E-state index contributed by atoms with van der Waals surface area (Å²) in [4.78, 5) is 4.10. The van der Waals surface area contributed by atoms with Crippen LogP contribution in [0.5, 0.6) is 0 Å². The first-order chi connectivity index (χ1) is 9.29. The molecule has 2 rings (SSSR count). The maximum atomic E-state index is 12.6. The molecule has 8 heteroatoms. The minimum atomic E-state index is -4.40. The highest BCUT2D eigenvalue weighted by atomic mass is 35.5. The summed E-state index contributed by atoms with van der Waals surface area (Å²) < 4.78 is 43.0. The lowest BCUT2D eigenvalue weighted by atomic mass is 10.1. The zero-order valence-electron chi connectivity index (χ0n) is 11.4. The van der Waals surface area contributed by atoms with E-state index in [-0.39, 0.29) is 35.8 Å². The van der Waals surface area contributed by atoms with Gasteiger partial charge in [-0.1, -0.05) is 24.2 Å². The lowest BCUT2D eigenvalue weighted by molar-refractivity contribution is -0.137. The maximum Gasteiger partial charge on any atom is 0.416 e. The Morgan fingerprint density at radius 2 is 1.90 bits per heavy atom. The van der Waals surface area contributed by atoms with Crippen LogP contribution < -0.4 is 5.73 Å². The zero-order chi connectivity index (χ0) is 14.9. The summed E-state index contributed by atoms with van der Waals surface area (Å²) in [5.74, 6) is 0.271. The number of rotatable bonds is 3. The summed E-state index contributed by atoms with van der Waals surface area (Å²) >= 11 is 0. The molecule has 2 aromatic rings. The minimum absolute atomic E-state index is 0. The van der Waals surface area contributed by atoms with Crippen molar-refractivity contribution in [2.24, 2.45) is 5.73 Å². The number of nitrogens with zero attached hydrogens (tertiary/aromatic N) is 2. The van der Waals surface area contributed by atoms with Crippen LogP contribution in [-0.2, 0) is 6.18 Å². The van der Waals surface area contributed by atoms with Gasteiger partial charge in [0.05, 0.1) is 11.5 Å². The van der Waals surface area contributed by atoms with Crippen molar-refractivity contribution in [3.05, 3.63) is 35.7 Å². The van der Waals surface area contributed by atoms with E-state index in [0.29, 0.717) is 5.89 Å². The van der Waals surface area contributed by atoms with Crippen LogP contribution >= 0.6 is 12.4 Å². The molecular weight excluding hydrogens is 307 g/mol. The highest BCUT2D eigenvalue weighted by Gasteiger charge is 2.31. The van der Waals surface area contributed by atoms with Gasteiger partial charge in [0.15, 0.2) is 0 Å². The van der Waals surface area contributed by atoms with E-state index in [1.807, 2.05) is 6.92 Å². The summed E-state index contributed by atoms with van der Waals surface area (Å²) in [5, 5.41) is 3.70. The molecule has 1 aromatic heterocycles. The predicted molar refractivity (Wildman–Crippen MR) is 74.0 cm³/mol. The van der Waals surface area contributed by atoms with Gasteiger partial charge in [-0.15, -0.1) is 12.4 Å². The van der Waals surface area contributed by atoms with Crippen LogP contribution in [0.25, 0.3) is 11.4 Å². The standard InChI is InChI=1S/C13H14F3N3O.ClH/c1-7(8(2)17)12-18-11(19-20-12)9-4-3-5-10(6-9)13(14,15)16;/h3-8H,17H2,1-2H3;1H. The van der Waals surface area contributed by atoms with E-state index < -0.39 is 11.7 Å². The lowest BCUT2D eigenvalue weighted by Gasteiger charge is -2.09. The van der Waals surface area contributed by atoms with E-state index in [1.165, 1.54) is 12.1 Å². The minimum Gasteiger partial charge on any atom is -0.339 e. The van der Waals surface area contributed by atoms with Gasteiger partial charge in [-0.05, 0) is 19.1 Å². The Hall–Kier alpha value is -1.60. The predicted octanol–water partition coefficient (Wildman–Crippen LogP) is 3.63. The van der Waals surface area contributed by atoms with Gasteiger partial charge in [0.25, 0.3) is 0 Å². The Labute approximate surface area is 125 Å². The highest BCUT2D eigenvalue weighted by molar-refractivity contribution is 5.85. The molecule has 1 heterocycles. The third-order valence-corrected chi connectivity index (χ3v) is 3.07. The number of alkyl halides is 3. The molecule has 0 aliphatic carbocycles. The van der Waals surface area contributed by atoms with Gasteiger partial charge in [0.1, 0.15) is 0 Å². The van der Waals surface area contributed by atoms with E-state index in [9.17, 15) is 13.2 Å². The Morgan fingerprint density at radius 3 is 2.48 bits per heavy atom. The third-order valence-electron chi connectivity index (χ3n) is 3.07. The van der Waals surface area contributed by atoms with Crippen molar-refractivity contribution < 1.29 is 17.7 Å². The first-order valence-electron chi connectivity index (χ1n) is 6.06. The fourth-order valence-corrected chi connectivity index (χ4v) is 1.60. The molecule has 2 N–H and O–H groups in total. The number of aromatic nitrogens is 2. The molecule has 0 aliphatic heterocycles. The van der Waals surface area contributed by atoms with Crippen molar-refractivity contribution >= 4 is 12.4 Å². The molecule has 0 saturated carbocycles. The molecule has 0 amide bonds. The van der Waals surface area contributed by atoms with Crippen molar-refractivity contribution in [1.29, 1.82) is 0 Å². The number of halogens is 4. The van der Waals surface area contributed by atoms with Crippen molar-refractivity contribution in [2.45, 2.75) is 32.0 Å². The Balaban J connectivity index is 0.00000220.